The van der Waals surface area contributed by atoms with Crippen molar-refractivity contribution in [3.05, 3.63) is 158 Å². The Labute approximate surface area is 223 Å². The van der Waals surface area contributed by atoms with Gasteiger partial charge in [0.05, 0.1) is 0 Å². The molecule has 0 amide bonds. The van der Waals surface area contributed by atoms with E-state index in [2.05, 4.69) is 158 Å². The second-order valence-electron chi connectivity index (χ2n) is 9.70. The van der Waals surface area contributed by atoms with Crippen LogP contribution in [0, 0.1) is 0 Å². The fourth-order valence-corrected chi connectivity index (χ4v) is 5.76. The van der Waals surface area contributed by atoms with Gasteiger partial charge in [-0.25, -0.2) is 0 Å². The molecule has 7 rings (SSSR count). The molecule has 0 aliphatic heterocycles. The number of benzene rings is 7. The van der Waals surface area contributed by atoms with Crippen molar-refractivity contribution in [3.63, 3.8) is 0 Å². The van der Waals surface area contributed by atoms with Crippen LogP contribution in [0.4, 0.5) is 0 Å². The van der Waals surface area contributed by atoms with Gasteiger partial charge in [-0.05, 0) is 66.1 Å². The van der Waals surface area contributed by atoms with Gasteiger partial charge in [0.15, 0.2) is 0 Å². The van der Waals surface area contributed by atoms with Crippen molar-refractivity contribution in [2.45, 2.75) is 0 Å². The van der Waals surface area contributed by atoms with Crippen molar-refractivity contribution in [3.8, 4) is 44.5 Å². The molecule has 0 unspecified atom stereocenters. The smallest absolute Gasteiger partial charge is 0.00141 e. The van der Waals surface area contributed by atoms with Crippen LogP contribution in [0.3, 0.4) is 0 Å². The Morgan fingerprint density at radius 2 is 0.526 bits per heavy atom. The Morgan fingerprint density at radius 3 is 0.868 bits per heavy atom. The molecule has 0 atom stereocenters. The highest BCUT2D eigenvalue weighted by molar-refractivity contribution is 6.23. The zero-order chi connectivity index (χ0) is 25.3. The molecule has 38 heavy (non-hydrogen) atoms. The summed E-state index contributed by atoms with van der Waals surface area (Å²) < 4.78 is 0. The number of hydrogen-bond acceptors (Lipinski definition) is 0. The van der Waals surface area contributed by atoms with E-state index in [-0.39, 0.29) is 0 Å². The fourth-order valence-electron chi connectivity index (χ4n) is 5.76. The first-order chi connectivity index (χ1) is 18.9. The average molecular weight is 483 g/mol. The predicted molar refractivity (Wildman–Crippen MR) is 163 cm³/mol. The van der Waals surface area contributed by atoms with E-state index < -0.39 is 0 Å². The van der Waals surface area contributed by atoms with Gasteiger partial charge in [0.25, 0.3) is 0 Å². The lowest BCUT2D eigenvalue weighted by Gasteiger charge is -2.20. The van der Waals surface area contributed by atoms with Crippen LogP contribution in [0.15, 0.2) is 158 Å². The van der Waals surface area contributed by atoms with Crippen molar-refractivity contribution in [2.24, 2.45) is 0 Å². The van der Waals surface area contributed by atoms with Gasteiger partial charge in [-0.3, -0.25) is 0 Å². The first-order valence-corrected chi connectivity index (χ1v) is 13.1. The molecule has 0 heterocycles. The molecule has 0 nitrogen and oxygen atoms in total. The van der Waals surface area contributed by atoms with Gasteiger partial charge >= 0.3 is 0 Å². The summed E-state index contributed by atoms with van der Waals surface area (Å²) in [4.78, 5) is 0. The topological polar surface area (TPSA) is 0 Å². The zero-order valence-electron chi connectivity index (χ0n) is 21.0. The molecule has 0 saturated heterocycles. The lowest BCUT2D eigenvalue weighted by molar-refractivity contribution is 1.60. The normalized spacial score (nSPS) is 11.2. The van der Waals surface area contributed by atoms with Crippen molar-refractivity contribution >= 4 is 21.5 Å². The van der Waals surface area contributed by atoms with Crippen molar-refractivity contribution in [2.75, 3.05) is 0 Å². The maximum Gasteiger partial charge on any atom is -0.00141 e. The first kappa shape index (κ1) is 22.3. The summed E-state index contributed by atoms with van der Waals surface area (Å²) >= 11 is 0. The van der Waals surface area contributed by atoms with Crippen LogP contribution in [-0.4, -0.2) is 0 Å². The third kappa shape index (κ3) is 3.79. The van der Waals surface area contributed by atoms with E-state index >= 15 is 0 Å². The van der Waals surface area contributed by atoms with Crippen LogP contribution >= 0.6 is 0 Å². The molecule has 0 aliphatic rings. The minimum absolute atomic E-state index is 1.23. The Hall–Kier alpha value is -4.94. The lowest BCUT2D eigenvalue weighted by atomic mass is 9.83. The van der Waals surface area contributed by atoms with E-state index in [4.69, 9.17) is 0 Å². The molecule has 0 aliphatic carbocycles. The monoisotopic (exact) mass is 482 g/mol. The summed E-state index contributed by atoms with van der Waals surface area (Å²) in [5, 5.41) is 5.09. The Morgan fingerprint density at radius 1 is 0.237 bits per heavy atom. The molecule has 0 N–H and O–H groups in total. The maximum atomic E-state index is 2.29. The quantitative estimate of drug-likeness (QED) is 0.219. The van der Waals surface area contributed by atoms with Gasteiger partial charge in [0, 0.05) is 0 Å². The highest BCUT2D eigenvalue weighted by Gasteiger charge is 2.19. The van der Waals surface area contributed by atoms with Crippen LogP contribution in [0.2, 0.25) is 0 Å². The molecule has 7 aromatic rings. The highest BCUT2D eigenvalue weighted by atomic mass is 14.2. The fraction of sp³-hybridized carbons (Fsp3) is 0. The van der Waals surface area contributed by atoms with Gasteiger partial charge in [0.2, 0.25) is 0 Å². The van der Waals surface area contributed by atoms with Gasteiger partial charge in [0.1, 0.15) is 0 Å². The van der Waals surface area contributed by atoms with Crippen LogP contribution in [0.1, 0.15) is 0 Å². The Bertz CT molecular complexity index is 1730. The lowest BCUT2D eigenvalue weighted by Crippen LogP contribution is -1.93. The number of rotatable bonds is 4. The van der Waals surface area contributed by atoms with E-state index in [1.165, 1.54) is 66.1 Å². The largest absolute Gasteiger partial charge is 0.0622 e. The second kappa shape index (κ2) is 9.50. The summed E-state index contributed by atoms with van der Waals surface area (Å²) in [6.45, 7) is 0. The average Bonchev–Trinajstić information content (AvgIpc) is 3.01. The van der Waals surface area contributed by atoms with Gasteiger partial charge in [-0.2, -0.15) is 0 Å². The Balaban J connectivity index is 1.72. The van der Waals surface area contributed by atoms with Crippen LogP contribution in [0.25, 0.3) is 66.1 Å². The van der Waals surface area contributed by atoms with E-state index in [9.17, 15) is 0 Å². The van der Waals surface area contributed by atoms with Crippen LogP contribution < -0.4 is 0 Å². The molecular weight excluding hydrogens is 456 g/mol. The molecule has 7 aromatic carbocycles. The van der Waals surface area contributed by atoms with E-state index in [1.54, 1.807) is 0 Å². The molecule has 0 bridgehead atoms. The van der Waals surface area contributed by atoms with Gasteiger partial charge in [-0.15, -0.1) is 0 Å². The second-order valence-corrected chi connectivity index (χ2v) is 9.70. The van der Waals surface area contributed by atoms with E-state index in [0.717, 1.165) is 0 Å². The first-order valence-electron chi connectivity index (χ1n) is 13.1. The minimum Gasteiger partial charge on any atom is -0.0622 e. The third-order valence-corrected chi connectivity index (χ3v) is 7.46. The predicted octanol–water partition coefficient (Wildman–Crippen LogP) is 10.7. The number of hydrogen-bond donors (Lipinski definition) is 0. The Kier molecular flexibility index (Phi) is 5.57. The molecule has 178 valence electrons. The standard InChI is InChI=1S/C38H26/c1-5-13-27(14-6-1)33-25-23-31-21-22-32-24-26-34(28-15-7-2-8-16-28)36(30-19-11-4-12-20-30)38(32)37(31)35(33)29-17-9-3-10-18-29/h1-26H. The summed E-state index contributed by atoms with van der Waals surface area (Å²) in [7, 11) is 0. The van der Waals surface area contributed by atoms with E-state index in [0.29, 0.717) is 0 Å². The summed E-state index contributed by atoms with van der Waals surface area (Å²) in [6, 6.07) is 56.9. The molecular formula is C38H26. The van der Waals surface area contributed by atoms with Crippen LogP contribution in [-0.2, 0) is 0 Å². The summed E-state index contributed by atoms with van der Waals surface area (Å²) in [5.41, 5.74) is 9.98. The summed E-state index contributed by atoms with van der Waals surface area (Å²) in [5.74, 6) is 0. The zero-order valence-corrected chi connectivity index (χ0v) is 21.0. The van der Waals surface area contributed by atoms with Crippen molar-refractivity contribution in [1.82, 2.24) is 0 Å². The van der Waals surface area contributed by atoms with Crippen molar-refractivity contribution in [1.29, 1.82) is 0 Å². The third-order valence-electron chi connectivity index (χ3n) is 7.46. The van der Waals surface area contributed by atoms with Crippen molar-refractivity contribution < 1.29 is 0 Å². The highest BCUT2D eigenvalue weighted by Crippen LogP contribution is 2.46. The minimum atomic E-state index is 1.23. The number of fused-ring (bicyclic) bond motifs is 3. The molecule has 0 fully saturated rings. The molecule has 0 saturated carbocycles. The SMILES string of the molecule is c1ccc(-c2ccc3ccc4ccc(-c5ccccc5)c(-c5ccccc5)c4c3c2-c2ccccc2)cc1. The molecule has 0 radical (unpaired) electrons. The summed E-state index contributed by atoms with van der Waals surface area (Å²) in [6.07, 6.45) is 0. The molecule has 0 heteroatoms. The van der Waals surface area contributed by atoms with Gasteiger partial charge < -0.3 is 0 Å². The maximum absolute atomic E-state index is 2.29. The van der Waals surface area contributed by atoms with E-state index in [1.807, 2.05) is 0 Å². The molecule has 0 aromatic heterocycles. The van der Waals surface area contributed by atoms with Gasteiger partial charge in [-0.1, -0.05) is 158 Å². The molecule has 0 spiro atoms. The van der Waals surface area contributed by atoms with Crippen LogP contribution in [0.5, 0.6) is 0 Å².